The number of aromatic nitrogens is 2. The van der Waals surface area contributed by atoms with E-state index in [0.29, 0.717) is 0 Å². The van der Waals surface area contributed by atoms with Crippen molar-refractivity contribution < 1.29 is 4.74 Å². The summed E-state index contributed by atoms with van der Waals surface area (Å²) in [6.45, 7) is 6.51. The number of nitrogens with zero attached hydrogens (tertiary/aromatic N) is 3. The van der Waals surface area contributed by atoms with E-state index in [-0.39, 0.29) is 0 Å². The van der Waals surface area contributed by atoms with Gasteiger partial charge >= 0.3 is 0 Å². The van der Waals surface area contributed by atoms with Crippen LogP contribution in [0, 0.1) is 0 Å². The Morgan fingerprint density at radius 2 is 1.90 bits per heavy atom. The molecule has 0 amide bonds. The summed E-state index contributed by atoms with van der Waals surface area (Å²) in [5, 5.41) is 3.52. The largest absolute Gasteiger partial charge is 0.378 e. The SMILES string of the molecule is CCCNc1nc(N2CCOCC2)nc2c1CCCCC2. The standard InChI is InChI=1S/C16H26N4O/c1-2-8-17-15-13-6-4-3-5-7-14(13)18-16(19-15)20-9-11-21-12-10-20/h2-12H2,1H3,(H,17,18,19). The molecular weight excluding hydrogens is 264 g/mol. The van der Waals surface area contributed by atoms with Gasteiger partial charge in [0, 0.05) is 25.2 Å². The van der Waals surface area contributed by atoms with E-state index in [9.17, 15) is 0 Å². The van der Waals surface area contributed by atoms with Gasteiger partial charge in [0.15, 0.2) is 0 Å². The quantitative estimate of drug-likeness (QED) is 0.863. The molecule has 1 saturated heterocycles. The van der Waals surface area contributed by atoms with Crippen molar-refractivity contribution in [3.8, 4) is 0 Å². The van der Waals surface area contributed by atoms with E-state index >= 15 is 0 Å². The van der Waals surface area contributed by atoms with Crippen molar-refractivity contribution in [3.05, 3.63) is 11.3 Å². The Morgan fingerprint density at radius 1 is 1.10 bits per heavy atom. The second kappa shape index (κ2) is 7.07. The smallest absolute Gasteiger partial charge is 0.227 e. The van der Waals surface area contributed by atoms with E-state index in [1.54, 1.807) is 0 Å². The molecule has 21 heavy (non-hydrogen) atoms. The molecule has 1 aliphatic carbocycles. The summed E-state index contributed by atoms with van der Waals surface area (Å²) in [4.78, 5) is 12.0. The van der Waals surface area contributed by atoms with Gasteiger partial charge < -0.3 is 15.0 Å². The lowest BCUT2D eigenvalue weighted by Crippen LogP contribution is -2.37. The van der Waals surface area contributed by atoms with Crippen molar-refractivity contribution in [1.82, 2.24) is 9.97 Å². The number of anilines is 2. The van der Waals surface area contributed by atoms with Gasteiger partial charge in [-0.25, -0.2) is 4.98 Å². The van der Waals surface area contributed by atoms with Crippen LogP contribution in [0.1, 0.15) is 43.9 Å². The number of nitrogens with one attached hydrogen (secondary N) is 1. The normalized spacial score (nSPS) is 19.0. The van der Waals surface area contributed by atoms with Gasteiger partial charge in [-0.05, 0) is 32.1 Å². The number of hydrogen-bond donors (Lipinski definition) is 1. The first-order valence-electron chi connectivity index (χ1n) is 8.35. The van der Waals surface area contributed by atoms with Gasteiger partial charge in [0.2, 0.25) is 5.95 Å². The molecule has 1 aromatic rings. The van der Waals surface area contributed by atoms with Crippen LogP contribution in [0.25, 0.3) is 0 Å². The summed E-state index contributed by atoms with van der Waals surface area (Å²) in [6.07, 6.45) is 7.14. The molecule has 1 aromatic heterocycles. The predicted octanol–water partition coefficient (Wildman–Crippen LogP) is 2.40. The van der Waals surface area contributed by atoms with Crippen molar-refractivity contribution >= 4 is 11.8 Å². The summed E-state index contributed by atoms with van der Waals surface area (Å²) in [5.41, 5.74) is 2.63. The van der Waals surface area contributed by atoms with E-state index in [1.807, 2.05) is 0 Å². The van der Waals surface area contributed by atoms with Crippen LogP contribution in [0.4, 0.5) is 11.8 Å². The third-order valence-corrected chi connectivity index (χ3v) is 4.26. The number of fused-ring (bicyclic) bond motifs is 1. The zero-order chi connectivity index (χ0) is 14.5. The highest BCUT2D eigenvalue weighted by molar-refractivity contribution is 5.52. The number of rotatable bonds is 4. The van der Waals surface area contributed by atoms with Gasteiger partial charge in [-0.15, -0.1) is 0 Å². The highest BCUT2D eigenvalue weighted by Gasteiger charge is 2.20. The van der Waals surface area contributed by atoms with Gasteiger partial charge in [0.05, 0.1) is 18.9 Å². The zero-order valence-corrected chi connectivity index (χ0v) is 13.0. The number of ether oxygens (including phenoxy) is 1. The minimum atomic E-state index is 0.776. The topological polar surface area (TPSA) is 50.3 Å². The lowest BCUT2D eigenvalue weighted by Gasteiger charge is -2.28. The highest BCUT2D eigenvalue weighted by atomic mass is 16.5. The van der Waals surface area contributed by atoms with E-state index in [4.69, 9.17) is 14.7 Å². The Bertz CT molecular complexity index is 472. The average molecular weight is 290 g/mol. The molecule has 1 N–H and O–H groups in total. The summed E-state index contributed by atoms with van der Waals surface area (Å²) >= 11 is 0. The molecule has 0 unspecified atom stereocenters. The Hall–Kier alpha value is -1.36. The maximum atomic E-state index is 5.44. The van der Waals surface area contributed by atoms with Crippen LogP contribution in [0.5, 0.6) is 0 Å². The molecule has 0 atom stereocenters. The molecule has 2 heterocycles. The monoisotopic (exact) mass is 290 g/mol. The van der Waals surface area contributed by atoms with Crippen LogP contribution in [0.15, 0.2) is 0 Å². The third kappa shape index (κ3) is 3.46. The van der Waals surface area contributed by atoms with Crippen molar-refractivity contribution in [2.24, 2.45) is 0 Å². The fourth-order valence-corrected chi connectivity index (χ4v) is 3.05. The first-order chi connectivity index (χ1) is 10.4. The fourth-order valence-electron chi connectivity index (χ4n) is 3.05. The Kier molecular flexibility index (Phi) is 4.91. The summed E-state index contributed by atoms with van der Waals surface area (Å²) < 4.78 is 5.44. The lowest BCUT2D eigenvalue weighted by atomic mass is 10.1. The van der Waals surface area contributed by atoms with Gasteiger partial charge in [0.25, 0.3) is 0 Å². The maximum Gasteiger partial charge on any atom is 0.227 e. The first-order valence-corrected chi connectivity index (χ1v) is 8.35. The number of aryl methyl sites for hydroxylation is 1. The van der Waals surface area contributed by atoms with Gasteiger partial charge in [0.1, 0.15) is 5.82 Å². The van der Waals surface area contributed by atoms with E-state index in [0.717, 1.165) is 63.9 Å². The molecule has 0 saturated carbocycles. The van der Waals surface area contributed by atoms with Crippen LogP contribution >= 0.6 is 0 Å². The summed E-state index contributed by atoms with van der Waals surface area (Å²) in [7, 11) is 0. The molecule has 5 nitrogen and oxygen atoms in total. The van der Waals surface area contributed by atoms with Crippen LogP contribution in [-0.2, 0) is 17.6 Å². The summed E-state index contributed by atoms with van der Waals surface area (Å²) in [6, 6.07) is 0. The van der Waals surface area contributed by atoms with Crippen LogP contribution in [-0.4, -0.2) is 42.8 Å². The van der Waals surface area contributed by atoms with Gasteiger partial charge in [-0.3, -0.25) is 0 Å². The van der Waals surface area contributed by atoms with Crippen LogP contribution < -0.4 is 10.2 Å². The third-order valence-electron chi connectivity index (χ3n) is 4.26. The molecule has 5 heteroatoms. The van der Waals surface area contributed by atoms with Crippen molar-refractivity contribution in [3.63, 3.8) is 0 Å². The molecule has 0 aromatic carbocycles. The van der Waals surface area contributed by atoms with Crippen LogP contribution in [0.3, 0.4) is 0 Å². The number of morpholine rings is 1. The zero-order valence-electron chi connectivity index (χ0n) is 13.0. The average Bonchev–Trinajstić information content (AvgIpc) is 2.78. The maximum absolute atomic E-state index is 5.44. The second-order valence-corrected chi connectivity index (χ2v) is 5.88. The Morgan fingerprint density at radius 3 is 2.71 bits per heavy atom. The molecule has 1 fully saturated rings. The van der Waals surface area contributed by atoms with Gasteiger partial charge in [-0.1, -0.05) is 13.3 Å². The lowest BCUT2D eigenvalue weighted by molar-refractivity contribution is 0.122. The van der Waals surface area contributed by atoms with E-state index in [2.05, 4.69) is 17.1 Å². The van der Waals surface area contributed by atoms with E-state index < -0.39 is 0 Å². The molecule has 1 aliphatic heterocycles. The van der Waals surface area contributed by atoms with Crippen molar-refractivity contribution in [2.45, 2.75) is 45.4 Å². The fraction of sp³-hybridized carbons (Fsp3) is 0.750. The molecule has 2 aliphatic rings. The highest BCUT2D eigenvalue weighted by Crippen LogP contribution is 2.27. The van der Waals surface area contributed by atoms with Crippen molar-refractivity contribution in [2.75, 3.05) is 43.1 Å². The second-order valence-electron chi connectivity index (χ2n) is 5.88. The Labute approximate surface area is 127 Å². The predicted molar refractivity (Wildman–Crippen MR) is 85.1 cm³/mol. The molecular formula is C16H26N4O. The minimum Gasteiger partial charge on any atom is -0.378 e. The van der Waals surface area contributed by atoms with Crippen LogP contribution in [0.2, 0.25) is 0 Å². The van der Waals surface area contributed by atoms with Crippen molar-refractivity contribution in [1.29, 1.82) is 0 Å². The molecule has 0 radical (unpaired) electrons. The first kappa shape index (κ1) is 14.6. The molecule has 0 bridgehead atoms. The minimum absolute atomic E-state index is 0.776. The summed E-state index contributed by atoms with van der Waals surface area (Å²) in [5.74, 6) is 1.96. The Balaban J connectivity index is 1.91. The van der Waals surface area contributed by atoms with E-state index in [1.165, 1.54) is 30.5 Å². The number of hydrogen-bond acceptors (Lipinski definition) is 5. The van der Waals surface area contributed by atoms with Gasteiger partial charge in [-0.2, -0.15) is 4.98 Å². The molecule has 0 spiro atoms. The molecule has 3 rings (SSSR count). The molecule has 116 valence electrons.